The molecule has 3 N–H and O–H groups in total. The molecule has 1 aromatic heterocycles. The molecular formula is C21H24N2O5. The third-order valence-corrected chi connectivity index (χ3v) is 4.72. The Morgan fingerprint density at radius 1 is 1.04 bits per heavy atom. The van der Waals surface area contributed by atoms with Gasteiger partial charge in [-0.2, -0.15) is 0 Å². The van der Waals surface area contributed by atoms with Gasteiger partial charge in [-0.15, -0.1) is 0 Å². The number of nitrogens with one attached hydrogen (secondary N) is 2. The zero-order valence-electron chi connectivity index (χ0n) is 16.1. The summed E-state index contributed by atoms with van der Waals surface area (Å²) in [5.41, 5.74) is 2.73. The van der Waals surface area contributed by atoms with E-state index in [-0.39, 0.29) is 0 Å². The van der Waals surface area contributed by atoms with Crippen LogP contribution in [0.25, 0.3) is 10.9 Å². The van der Waals surface area contributed by atoms with Gasteiger partial charge in [0.2, 0.25) is 5.75 Å². The van der Waals surface area contributed by atoms with Crippen molar-refractivity contribution in [3.8, 4) is 17.2 Å². The summed E-state index contributed by atoms with van der Waals surface area (Å²) in [7, 11) is 4.63. The summed E-state index contributed by atoms with van der Waals surface area (Å²) in [5.74, 6) is 0.639. The summed E-state index contributed by atoms with van der Waals surface area (Å²) >= 11 is 0. The van der Waals surface area contributed by atoms with Crippen LogP contribution < -0.4 is 19.5 Å². The fourth-order valence-corrected chi connectivity index (χ4v) is 3.30. The molecule has 0 aliphatic carbocycles. The third-order valence-electron chi connectivity index (χ3n) is 4.72. The number of hydrogen-bond donors (Lipinski definition) is 3. The number of benzene rings is 2. The highest BCUT2D eigenvalue weighted by molar-refractivity contribution is 5.84. The van der Waals surface area contributed by atoms with Gasteiger partial charge >= 0.3 is 5.97 Å². The molecule has 0 fully saturated rings. The molecule has 148 valence electrons. The van der Waals surface area contributed by atoms with Crippen LogP contribution in [0.2, 0.25) is 0 Å². The van der Waals surface area contributed by atoms with Gasteiger partial charge in [0.15, 0.2) is 11.5 Å². The topological polar surface area (TPSA) is 92.8 Å². The summed E-state index contributed by atoms with van der Waals surface area (Å²) in [6.45, 7) is 0.308. The highest BCUT2D eigenvalue weighted by atomic mass is 16.5. The number of para-hydroxylation sites is 1. The molecule has 0 bridgehead atoms. The second-order valence-corrected chi connectivity index (χ2v) is 6.33. The molecule has 0 radical (unpaired) electrons. The van der Waals surface area contributed by atoms with Gasteiger partial charge in [0.1, 0.15) is 6.04 Å². The number of ether oxygens (including phenoxy) is 3. The van der Waals surface area contributed by atoms with Crippen LogP contribution in [-0.4, -0.2) is 43.4 Å². The van der Waals surface area contributed by atoms with Crippen molar-refractivity contribution >= 4 is 16.9 Å². The van der Waals surface area contributed by atoms with Gasteiger partial charge in [-0.3, -0.25) is 10.1 Å². The Morgan fingerprint density at radius 2 is 1.79 bits per heavy atom. The first-order chi connectivity index (χ1) is 13.6. The summed E-state index contributed by atoms with van der Waals surface area (Å²) in [5, 5.41) is 13.8. The van der Waals surface area contributed by atoms with Crippen molar-refractivity contribution in [2.75, 3.05) is 21.3 Å². The molecule has 0 aliphatic rings. The van der Waals surface area contributed by atoms with E-state index in [1.54, 1.807) is 20.3 Å². The van der Waals surface area contributed by atoms with Gasteiger partial charge in [-0.25, -0.2) is 0 Å². The quantitative estimate of drug-likeness (QED) is 0.525. The van der Waals surface area contributed by atoms with Crippen LogP contribution in [0.4, 0.5) is 0 Å². The van der Waals surface area contributed by atoms with Crippen LogP contribution in [0.1, 0.15) is 11.1 Å². The van der Waals surface area contributed by atoms with Gasteiger partial charge < -0.3 is 24.3 Å². The maximum absolute atomic E-state index is 11.8. The van der Waals surface area contributed by atoms with Crippen molar-refractivity contribution < 1.29 is 24.1 Å². The highest BCUT2D eigenvalue weighted by Gasteiger charge is 2.21. The number of methoxy groups -OCH3 is 3. The van der Waals surface area contributed by atoms with E-state index in [1.807, 2.05) is 36.5 Å². The smallest absolute Gasteiger partial charge is 0.321 e. The van der Waals surface area contributed by atoms with Crippen LogP contribution >= 0.6 is 0 Å². The number of carbonyl (C=O) groups is 1. The Hall–Kier alpha value is -3.19. The lowest BCUT2D eigenvalue weighted by Crippen LogP contribution is -2.38. The molecule has 7 heteroatoms. The Labute approximate surface area is 163 Å². The number of H-pyrrole nitrogens is 1. The molecule has 28 heavy (non-hydrogen) atoms. The number of carboxylic acids is 1. The van der Waals surface area contributed by atoms with Crippen molar-refractivity contribution in [3.05, 3.63) is 53.7 Å². The van der Waals surface area contributed by atoms with Crippen LogP contribution in [0.15, 0.2) is 42.6 Å². The fourth-order valence-electron chi connectivity index (χ4n) is 3.30. The molecular weight excluding hydrogens is 360 g/mol. The van der Waals surface area contributed by atoms with Crippen molar-refractivity contribution in [1.82, 2.24) is 10.3 Å². The van der Waals surface area contributed by atoms with Crippen LogP contribution in [-0.2, 0) is 17.8 Å². The van der Waals surface area contributed by atoms with E-state index in [0.717, 1.165) is 22.0 Å². The lowest BCUT2D eigenvalue weighted by Gasteiger charge is -2.18. The minimum absolute atomic E-state index is 0.308. The van der Waals surface area contributed by atoms with Crippen LogP contribution in [0, 0.1) is 0 Å². The van der Waals surface area contributed by atoms with E-state index in [1.165, 1.54) is 7.11 Å². The predicted octanol–water partition coefficient (Wildman–Crippen LogP) is 2.98. The third kappa shape index (κ3) is 3.89. The first kappa shape index (κ1) is 19.6. The Balaban J connectivity index is 1.80. The number of aromatic amines is 1. The number of aromatic nitrogens is 1. The first-order valence-corrected chi connectivity index (χ1v) is 8.88. The molecule has 0 aliphatic heterocycles. The van der Waals surface area contributed by atoms with E-state index in [2.05, 4.69) is 10.3 Å². The maximum Gasteiger partial charge on any atom is 0.321 e. The standard InChI is InChI=1S/C21H24N2O5/c1-26-18-9-8-13(19(27-2)20(18)28-3)11-23-17(21(24)25)10-14-12-22-16-7-5-4-6-15(14)16/h4-9,12,17,22-23H,10-11H2,1-3H3,(H,24,25)/t17-/m0/s1. The molecule has 3 aromatic rings. The van der Waals surface area contributed by atoms with E-state index >= 15 is 0 Å². The van der Waals surface area contributed by atoms with E-state index in [9.17, 15) is 9.90 Å². The minimum Gasteiger partial charge on any atom is -0.493 e. The normalized spacial score (nSPS) is 12.0. The average Bonchev–Trinajstić information content (AvgIpc) is 3.12. The summed E-state index contributed by atoms with van der Waals surface area (Å²) in [6, 6.07) is 10.7. The fraction of sp³-hybridized carbons (Fsp3) is 0.286. The molecule has 0 saturated heterocycles. The van der Waals surface area contributed by atoms with Crippen molar-refractivity contribution in [2.24, 2.45) is 0 Å². The molecule has 0 unspecified atom stereocenters. The van der Waals surface area contributed by atoms with Gasteiger partial charge in [-0.1, -0.05) is 24.3 Å². The van der Waals surface area contributed by atoms with Gasteiger partial charge in [-0.05, 0) is 17.7 Å². The van der Waals surface area contributed by atoms with Crippen molar-refractivity contribution in [1.29, 1.82) is 0 Å². The van der Waals surface area contributed by atoms with Crippen molar-refractivity contribution in [3.63, 3.8) is 0 Å². The second kappa shape index (κ2) is 8.67. The maximum atomic E-state index is 11.8. The molecule has 7 nitrogen and oxygen atoms in total. The first-order valence-electron chi connectivity index (χ1n) is 8.88. The van der Waals surface area contributed by atoms with Gasteiger partial charge in [0, 0.05) is 35.6 Å². The molecule has 0 amide bonds. The molecule has 1 atom stereocenters. The largest absolute Gasteiger partial charge is 0.493 e. The van der Waals surface area contributed by atoms with Crippen LogP contribution in [0.5, 0.6) is 17.2 Å². The number of fused-ring (bicyclic) bond motifs is 1. The highest BCUT2D eigenvalue weighted by Crippen LogP contribution is 2.39. The van der Waals surface area contributed by atoms with Crippen molar-refractivity contribution in [2.45, 2.75) is 19.0 Å². The lowest BCUT2D eigenvalue weighted by molar-refractivity contribution is -0.139. The Morgan fingerprint density at radius 3 is 2.46 bits per heavy atom. The van der Waals surface area contributed by atoms with Crippen LogP contribution in [0.3, 0.4) is 0 Å². The number of carboxylic acid groups (broad SMARTS) is 1. The summed E-state index contributed by atoms with van der Waals surface area (Å²) in [6.07, 6.45) is 2.22. The van der Waals surface area contributed by atoms with E-state index in [4.69, 9.17) is 14.2 Å². The number of rotatable bonds is 9. The predicted molar refractivity (Wildman–Crippen MR) is 106 cm³/mol. The van der Waals surface area contributed by atoms with Gasteiger partial charge in [0.25, 0.3) is 0 Å². The molecule has 2 aromatic carbocycles. The average molecular weight is 384 g/mol. The van der Waals surface area contributed by atoms with E-state index < -0.39 is 12.0 Å². The number of aliphatic carboxylic acids is 1. The molecule has 0 saturated carbocycles. The SMILES string of the molecule is COc1ccc(CN[C@@H](Cc2c[nH]c3ccccc23)C(=O)O)c(OC)c1OC. The van der Waals surface area contributed by atoms with E-state index in [0.29, 0.717) is 30.2 Å². The second-order valence-electron chi connectivity index (χ2n) is 6.33. The lowest BCUT2D eigenvalue weighted by atomic mass is 10.0. The monoisotopic (exact) mass is 384 g/mol. The molecule has 1 heterocycles. The van der Waals surface area contributed by atoms with Gasteiger partial charge in [0.05, 0.1) is 21.3 Å². The summed E-state index contributed by atoms with van der Waals surface area (Å²) < 4.78 is 16.1. The Kier molecular flexibility index (Phi) is 6.06. The molecule has 0 spiro atoms. The Bertz CT molecular complexity index is 967. The summed E-state index contributed by atoms with van der Waals surface area (Å²) in [4.78, 5) is 15.0. The number of hydrogen-bond acceptors (Lipinski definition) is 5. The zero-order valence-corrected chi connectivity index (χ0v) is 16.1. The zero-order chi connectivity index (χ0) is 20.1. The molecule has 3 rings (SSSR count). The minimum atomic E-state index is -0.912.